The Morgan fingerprint density at radius 3 is 2.28 bits per heavy atom. The third-order valence-electron chi connectivity index (χ3n) is 6.41. The molecule has 0 aliphatic heterocycles. The summed E-state index contributed by atoms with van der Waals surface area (Å²) < 4.78 is 2.07. The minimum atomic E-state index is -0.419. The molecule has 39 heavy (non-hydrogen) atoms. The van der Waals surface area contributed by atoms with Crippen molar-refractivity contribution in [2.45, 2.75) is 37.2 Å². The molecule has 7 heteroatoms. The van der Waals surface area contributed by atoms with E-state index in [1.54, 1.807) is 36.0 Å². The maximum Gasteiger partial charge on any atom is 0.251 e. The highest BCUT2D eigenvalue weighted by atomic mass is 35.5. The van der Waals surface area contributed by atoms with E-state index in [9.17, 15) is 4.79 Å². The average molecular weight is 553 g/mol. The fraction of sp³-hybridized carbons (Fsp3) is 0.156. The zero-order chi connectivity index (χ0) is 27.2. The van der Waals surface area contributed by atoms with Crippen LogP contribution < -0.4 is 5.32 Å². The highest BCUT2D eigenvalue weighted by molar-refractivity contribution is 7.98. The SMILES string of the molecule is Cc1ccc(-n2c(SCc3cccc(C)c3)nnc2C(Cc2ccccc2)NC(=O)c2ccc(Cl)cc2)cc1. The molecule has 1 atom stereocenters. The third-order valence-corrected chi connectivity index (χ3v) is 7.66. The van der Waals surface area contributed by atoms with Crippen molar-refractivity contribution in [1.82, 2.24) is 20.1 Å². The van der Waals surface area contributed by atoms with Crippen LogP contribution in [0.15, 0.2) is 108 Å². The van der Waals surface area contributed by atoms with Crippen molar-refractivity contribution in [2.75, 3.05) is 0 Å². The highest BCUT2D eigenvalue weighted by Crippen LogP contribution is 2.29. The van der Waals surface area contributed by atoms with Crippen LogP contribution in [0.5, 0.6) is 0 Å². The molecule has 0 bridgehead atoms. The van der Waals surface area contributed by atoms with Crippen molar-refractivity contribution in [3.63, 3.8) is 0 Å². The van der Waals surface area contributed by atoms with Crippen molar-refractivity contribution in [3.8, 4) is 5.69 Å². The maximum atomic E-state index is 13.4. The summed E-state index contributed by atoms with van der Waals surface area (Å²) in [5.74, 6) is 1.24. The Bertz CT molecular complexity index is 1550. The van der Waals surface area contributed by atoms with Gasteiger partial charge in [0.25, 0.3) is 5.91 Å². The number of hydrogen-bond donors (Lipinski definition) is 1. The lowest BCUT2D eigenvalue weighted by molar-refractivity contribution is 0.0934. The molecule has 1 N–H and O–H groups in total. The van der Waals surface area contributed by atoms with Crippen LogP contribution in [0.4, 0.5) is 0 Å². The van der Waals surface area contributed by atoms with Gasteiger partial charge in [-0.3, -0.25) is 9.36 Å². The minimum Gasteiger partial charge on any atom is -0.342 e. The molecule has 1 heterocycles. The Kier molecular flexibility index (Phi) is 8.45. The van der Waals surface area contributed by atoms with Gasteiger partial charge in [0.1, 0.15) is 0 Å². The first-order valence-corrected chi connectivity index (χ1v) is 14.1. The monoisotopic (exact) mass is 552 g/mol. The lowest BCUT2D eigenvalue weighted by atomic mass is 10.0. The molecule has 5 aromatic rings. The Labute approximate surface area is 238 Å². The Morgan fingerprint density at radius 1 is 0.846 bits per heavy atom. The van der Waals surface area contributed by atoms with Crippen molar-refractivity contribution in [3.05, 3.63) is 142 Å². The second kappa shape index (κ2) is 12.3. The topological polar surface area (TPSA) is 59.8 Å². The number of halogens is 1. The molecule has 0 radical (unpaired) electrons. The molecular formula is C32H29ClN4OS. The largest absolute Gasteiger partial charge is 0.342 e. The second-order valence-electron chi connectivity index (χ2n) is 9.51. The van der Waals surface area contributed by atoms with Crippen molar-refractivity contribution in [1.29, 1.82) is 0 Å². The van der Waals surface area contributed by atoms with Gasteiger partial charge in [-0.05, 0) is 67.8 Å². The molecule has 1 aromatic heterocycles. The Balaban J connectivity index is 1.53. The van der Waals surface area contributed by atoms with E-state index in [0.29, 0.717) is 22.8 Å². The summed E-state index contributed by atoms with van der Waals surface area (Å²) in [6.45, 7) is 4.16. The lowest BCUT2D eigenvalue weighted by Crippen LogP contribution is -2.32. The van der Waals surface area contributed by atoms with E-state index in [2.05, 4.69) is 94.6 Å². The summed E-state index contributed by atoms with van der Waals surface area (Å²) in [5, 5.41) is 13.8. The molecule has 5 rings (SSSR count). The number of nitrogens with one attached hydrogen (secondary N) is 1. The van der Waals surface area contributed by atoms with E-state index < -0.39 is 6.04 Å². The Morgan fingerprint density at radius 2 is 1.56 bits per heavy atom. The normalized spacial score (nSPS) is 11.8. The number of hydrogen-bond acceptors (Lipinski definition) is 4. The van der Waals surface area contributed by atoms with Gasteiger partial charge in [0, 0.05) is 22.0 Å². The zero-order valence-corrected chi connectivity index (χ0v) is 23.4. The Hall–Kier alpha value is -3.87. The van der Waals surface area contributed by atoms with E-state index in [1.807, 2.05) is 18.2 Å². The summed E-state index contributed by atoms with van der Waals surface area (Å²) >= 11 is 7.69. The number of aromatic nitrogens is 3. The average Bonchev–Trinajstić information content (AvgIpc) is 3.37. The van der Waals surface area contributed by atoms with Crippen LogP contribution in [0.2, 0.25) is 5.02 Å². The third kappa shape index (κ3) is 6.77. The van der Waals surface area contributed by atoms with E-state index in [4.69, 9.17) is 11.6 Å². The summed E-state index contributed by atoms with van der Waals surface area (Å²) in [5.41, 5.74) is 6.18. The molecule has 1 unspecified atom stereocenters. The van der Waals surface area contributed by atoms with Gasteiger partial charge in [0.15, 0.2) is 11.0 Å². The van der Waals surface area contributed by atoms with Crippen LogP contribution in [-0.4, -0.2) is 20.7 Å². The van der Waals surface area contributed by atoms with Crippen molar-refractivity contribution >= 4 is 29.3 Å². The van der Waals surface area contributed by atoms with Crippen LogP contribution in [0.3, 0.4) is 0 Å². The molecular weight excluding hydrogens is 524 g/mol. The fourth-order valence-electron chi connectivity index (χ4n) is 4.39. The van der Waals surface area contributed by atoms with Gasteiger partial charge < -0.3 is 5.32 Å². The molecule has 0 saturated carbocycles. The maximum absolute atomic E-state index is 13.4. The van der Waals surface area contributed by atoms with E-state index in [0.717, 1.165) is 22.2 Å². The lowest BCUT2D eigenvalue weighted by Gasteiger charge is -2.20. The summed E-state index contributed by atoms with van der Waals surface area (Å²) in [6, 6.07) is 33.3. The van der Waals surface area contributed by atoms with Crippen molar-refractivity contribution < 1.29 is 4.79 Å². The molecule has 5 nitrogen and oxygen atoms in total. The van der Waals surface area contributed by atoms with Crippen LogP contribution in [0, 0.1) is 13.8 Å². The van der Waals surface area contributed by atoms with Gasteiger partial charge >= 0.3 is 0 Å². The molecule has 4 aromatic carbocycles. The highest BCUT2D eigenvalue weighted by Gasteiger charge is 2.25. The summed E-state index contributed by atoms with van der Waals surface area (Å²) in [4.78, 5) is 13.4. The number of amides is 1. The number of carbonyl (C=O) groups excluding carboxylic acids is 1. The van der Waals surface area contributed by atoms with E-state index in [-0.39, 0.29) is 5.91 Å². The van der Waals surface area contributed by atoms with E-state index in [1.165, 1.54) is 16.7 Å². The minimum absolute atomic E-state index is 0.194. The molecule has 0 aliphatic rings. The molecule has 0 saturated heterocycles. The van der Waals surface area contributed by atoms with Crippen LogP contribution in [-0.2, 0) is 12.2 Å². The number of thioether (sulfide) groups is 1. The van der Waals surface area contributed by atoms with Crippen LogP contribution in [0.1, 0.15) is 44.5 Å². The first kappa shape index (κ1) is 26.7. The predicted octanol–water partition coefficient (Wildman–Crippen LogP) is 7.54. The molecule has 0 aliphatic carbocycles. The predicted molar refractivity (Wildman–Crippen MR) is 159 cm³/mol. The number of benzene rings is 4. The number of rotatable bonds is 9. The van der Waals surface area contributed by atoms with Gasteiger partial charge in [-0.2, -0.15) is 0 Å². The fourth-order valence-corrected chi connectivity index (χ4v) is 5.41. The summed E-state index contributed by atoms with van der Waals surface area (Å²) in [7, 11) is 0. The zero-order valence-electron chi connectivity index (χ0n) is 21.8. The van der Waals surface area contributed by atoms with Gasteiger partial charge in [0.05, 0.1) is 6.04 Å². The number of carbonyl (C=O) groups is 1. The second-order valence-corrected chi connectivity index (χ2v) is 10.9. The molecule has 0 fully saturated rings. The summed E-state index contributed by atoms with van der Waals surface area (Å²) in [6.07, 6.45) is 0.562. The molecule has 0 spiro atoms. The van der Waals surface area contributed by atoms with Gasteiger partial charge in [-0.15, -0.1) is 10.2 Å². The number of nitrogens with zero attached hydrogens (tertiary/aromatic N) is 3. The van der Waals surface area contributed by atoms with Gasteiger partial charge in [0.2, 0.25) is 0 Å². The first-order chi connectivity index (χ1) is 19.0. The number of aryl methyl sites for hydroxylation is 2. The quantitative estimate of drug-likeness (QED) is 0.192. The molecule has 1 amide bonds. The standard InChI is InChI=1S/C32H29ClN4OS/c1-22-11-17-28(18-12-22)37-30(35-36-32(37)39-21-25-10-6-7-23(2)19-25)29(20-24-8-4-3-5-9-24)34-31(38)26-13-15-27(33)16-14-26/h3-19,29H,20-21H2,1-2H3,(H,34,38). The smallest absolute Gasteiger partial charge is 0.251 e. The first-order valence-electron chi connectivity index (χ1n) is 12.8. The van der Waals surface area contributed by atoms with Crippen LogP contribution in [0.25, 0.3) is 5.69 Å². The van der Waals surface area contributed by atoms with Crippen LogP contribution >= 0.6 is 23.4 Å². The van der Waals surface area contributed by atoms with Crippen molar-refractivity contribution in [2.24, 2.45) is 0 Å². The molecule has 196 valence electrons. The van der Waals surface area contributed by atoms with E-state index >= 15 is 0 Å². The van der Waals surface area contributed by atoms with Gasteiger partial charge in [-0.1, -0.05) is 101 Å². The van der Waals surface area contributed by atoms with Gasteiger partial charge in [-0.25, -0.2) is 0 Å².